The molecule has 0 heterocycles. The molecule has 3 aromatic carbocycles. The molecule has 0 saturated carbocycles. The van der Waals surface area contributed by atoms with Crippen molar-refractivity contribution in [3.05, 3.63) is 90.0 Å². The van der Waals surface area contributed by atoms with Crippen LogP contribution in [0.15, 0.2) is 83.8 Å². The van der Waals surface area contributed by atoms with Gasteiger partial charge in [0.05, 0.1) is 17.2 Å². The first-order valence-electron chi connectivity index (χ1n) is 13.3. The monoisotopic (exact) mass is 565 g/mol. The maximum absolute atomic E-state index is 13.9. The number of rotatable bonds is 11. The topological polar surface area (TPSA) is 96.0 Å². The summed E-state index contributed by atoms with van der Waals surface area (Å²) in [6, 6.07) is 21.5. The number of nitrogens with one attached hydrogen (secondary N) is 1. The average Bonchev–Trinajstić information content (AvgIpc) is 2.90. The number of carbonyl (C=O) groups is 2. The smallest absolute Gasteiger partial charge is 0.264 e. The Bertz CT molecular complexity index is 1380. The maximum Gasteiger partial charge on any atom is 0.264 e. The van der Waals surface area contributed by atoms with Gasteiger partial charge in [-0.1, -0.05) is 48.0 Å². The molecule has 3 rings (SSSR count). The number of ether oxygens (including phenoxy) is 1. The van der Waals surface area contributed by atoms with Gasteiger partial charge in [0.15, 0.2) is 0 Å². The van der Waals surface area contributed by atoms with E-state index in [1.807, 2.05) is 65.0 Å². The van der Waals surface area contributed by atoms with E-state index in [-0.39, 0.29) is 17.3 Å². The van der Waals surface area contributed by atoms with E-state index in [1.54, 1.807) is 43.3 Å². The number of nitrogens with zero attached hydrogens (tertiary/aromatic N) is 2. The molecule has 9 heteroatoms. The summed E-state index contributed by atoms with van der Waals surface area (Å²) in [6.45, 7) is 11.1. The van der Waals surface area contributed by atoms with Crippen molar-refractivity contribution in [2.24, 2.45) is 0 Å². The summed E-state index contributed by atoms with van der Waals surface area (Å²) < 4.78 is 34.4. The van der Waals surface area contributed by atoms with Gasteiger partial charge in [0.25, 0.3) is 10.0 Å². The third-order valence-corrected chi connectivity index (χ3v) is 7.97. The van der Waals surface area contributed by atoms with E-state index in [4.69, 9.17) is 4.74 Å². The highest BCUT2D eigenvalue weighted by molar-refractivity contribution is 7.92. The largest absolute Gasteiger partial charge is 0.494 e. The van der Waals surface area contributed by atoms with Gasteiger partial charge in [0.2, 0.25) is 11.8 Å². The van der Waals surface area contributed by atoms with Crippen molar-refractivity contribution < 1.29 is 22.7 Å². The number of sulfonamides is 1. The normalized spacial score (nSPS) is 12.3. The second-order valence-corrected chi connectivity index (χ2v) is 12.5. The molecule has 0 bridgehead atoms. The summed E-state index contributed by atoms with van der Waals surface area (Å²) in [4.78, 5) is 28.5. The van der Waals surface area contributed by atoms with E-state index < -0.39 is 34.1 Å². The van der Waals surface area contributed by atoms with Crippen LogP contribution in [0.25, 0.3) is 0 Å². The number of hydrogen-bond donors (Lipinski definition) is 1. The van der Waals surface area contributed by atoms with Crippen molar-refractivity contribution in [3.8, 4) is 5.75 Å². The Labute approximate surface area is 238 Å². The van der Waals surface area contributed by atoms with E-state index in [1.165, 1.54) is 17.0 Å². The molecule has 0 spiro atoms. The molecule has 2 amide bonds. The van der Waals surface area contributed by atoms with E-state index in [2.05, 4.69) is 5.32 Å². The minimum atomic E-state index is -4.15. The number of carbonyl (C=O) groups excluding carboxylic acids is 2. The van der Waals surface area contributed by atoms with Gasteiger partial charge in [-0.2, -0.15) is 0 Å². The third kappa shape index (κ3) is 8.08. The molecular formula is C31H39N3O5S. The average molecular weight is 566 g/mol. The quantitative estimate of drug-likeness (QED) is 0.356. The van der Waals surface area contributed by atoms with Crippen LogP contribution in [0.3, 0.4) is 0 Å². The van der Waals surface area contributed by atoms with Crippen LogP contribution < -0.4 is 14.4 Å². The van der Waals surface area contributed by atoms with Gasteiger partial charge < -0.3 is 15.0 Å². The number of hydrogen-bond acceptors (Lipinski definition) is 5. The lowest BCUT2D eigenvalue weighted by atomic mass is 10.1. The van der Waals surface area contributed by atoms with Crippen LogP contribution in [0.1, 0.15) is 45.7 Å². The SMILES string of the molecule is CCOc1ccc(S(=O)(=O)N(CC(=O)N(Cc2ccccc2)C(C)C(=O)NC(C)(C)C)c2ccc(C)cc2)cc1. The minimum Gasteiger partial charge on any atom is -0.494 e. The molecule has 8 nitrogen and oxygen atoms in total. The Balaban J connectivity index is 2.01. The molecule has 0 aliphatic heterocycles. The number of benzene rings is 3. The van der Waals surface area contributed by atoms with Gasteiger partial charge >= 0.3 is 0 Å². The summed E-state index contributed by atoms with van der Waals surface area (Å²) in [6.07, 6.45) is 0. The zero-order chi connectivity index (χ0) is 29.5. The highest BCUT2D eigenvalue weighted by Gasteiger charge is 2.33. The number of aryl methyl sites for hydroxylation is 1. The number of anilines is 1. The van der Waals surface area contributed by atoms with Crippen LogP contribution in [-0.2, 0) is 26.2 Å². The van der Waals surface area contributed by atoms with Gasteiger partial charge in [0.1, 0.15) is 18.3 Å². The highest BCUT2D eigenvalue weighted by atomic mass is 32.2. The molecule has 0 aromatic heterocycles. The first-order chi connectivity index (χ1) is 18.8. The van der Waals surface area contributed by atoms with Gasteiger partial charge in [-0.15, -0.1) is 0 Å². The molecule has 3 aromatic rings. The van der Waals surface area contributed by atoms with Crippen molar-refractivity contribution in [1.82, 2.24) is 10.2 Å². The van der Waals surface area contributed by atoms with Crippen molar-refractivity contribution >= 4 is 27.5 Å². The fourth-order valence-electron chi connectivity index (χ4n) is 4.08. The van der Waals surface area contributed by atoms with E-state index in [0.717, 1.165) is 15.4 Å². The second-order valence-electron chi connectivity index (χ2n) is 10.7. The first-order valence-corrected chi connectivity index (χ1v) is 14.7. The molecular weight excluding hydrogens is 526 g/mol. The van der Waals surface area contributed by atoms with Crippen LogP contribution in [0.4, 0.5) is 5.69 Å². The zero-order valence-corrected chi connectivity index (χ0v) is 24.9. The van der Waals surface area contributed by atoms with Crippen LogP contribution in [0.5, 0.6) is 5.75 Å². The Morgan fingerprint density at radius 3 is 2.08 bits per heavy atom. The van der Waals surface area contributed by atoms with Crippen molar-refractivity contribution in [2.45, 2.75) is 64.6 Å². The molecule has 0 radical (unpaired) electrons. The standard InChI is InChI=1S/C31H39N3O5S/c1-7-39-27-17-19-28(20-18-27)40(37,38)34(26-15-13-23(2)14-16-26)22-29(35)33(21-25-11-9-8-10-12-25)24(3)30(36)32-31(4,5)6/h8-20,24H,7,21-22H2,1-6H3,(H,32,36). The van der Waals surface area contributed by atoms with E-state index >= 15 is 0 Å². The van der Waals surface area contributed by atoms with E-state index in [0.29, 0.717) is 18.0 Å². The molecule has 1 N–H and O–H groups in total. The fraction of sp³-hybridized carbons (Fsp3) is 0.355. The molecule has 1 atom stereocenters. The molecule has 0 aliphatic rings. The molecule has 1 unspecified atom stereocenters. The van der Waals surface area contributed by atoms with Gasteiger partial charge in [-0.3, -0.25) is 13.9 Å². The summed E-state index contributed by atoms with van der Waals surface area (Å²) in [7, 11) is -4.15. The first kappa shape index (κ1) is 30.7. The molecule has 214 valence electrons. The maximum atomic E-state index is 13.9. The lowest BCUT2D eigenvalue weighted by Crippen LogP contribution is -2.54. The van der Waals surface area contributed by atoms with Gasteiger partial charge in [-0.25, -0.2) is 8.42 Å². The van der Waals surface area contributed by atoms with Crippen molar-refractivity contribution in [2.75, 3.05) is 17.5 Å². The van der Waals surface area contributed by atoms with Crippen molar-refractivity contribution in [3.63, 3.8) is 0 Å². The van der Waals surface area contributed by atoms with E-state index in [9.17, 15) is 18.0 Å². The summed E-state index contributed by atoms with van der Waals surface area (Å²) in [5, 5.41) is 2.93. The Kier molecular flexibility index (Phi) is 9.98. The zero-order valence-electron chi connectivity index (χ0n) is 24.0. The molecule has 0 aliphatic carbocycles. The minimum absolute atomic E-state index is 0.0254. The fourth-order valence-corrected chi connectivity index (χ4v) is 5.49. The lowest BCUT2D eigenvalue weighted by molar-refractivity contribution is -0.140. The van der Waals surface area contributed by atoms with Crippen LogP contribution >= 0.6 is 0 Å². The second kappa shape index (κ2) is 13.0. The molecule has 0 fully saturated rings. The third-order valence-electron chi connectivity index (χ3n) is 6.18. The summed E-state index contributed by atoms with van der Waals surface area (Å²) in [5.74, 6) is -0.282. The van der Waals surface area contributed by atoms with Crippen LogP contribution in [0.2, 0.25) is 0 Å². The molecule has 40 heavy (non-hydrogen) atoms. The van der Waals surface area contributed by atoms with Crippen LogP contribution in [-0.4, -0.2) is 49.9 Å². The Hall–Kier alpha value is -3.85. The van der Waals surface area contributed by atoms with Crippen molar-refractivity contribution in [1.29, 1.82) is 0 Å². The van der Waals surface area contributed by atoms with Gasteiger partial charge in [0, 0.05) is 12.1 Å². The summed E-state index contributed by atoms with van der Waals surface area (Å²) >= 11 is 0. The Morgan fingerprint density at radius 2 is 1.52 bits per heavy atom. The highest BCUT2D eigenvalue weighted by Crippen LogP contribution is 2.26. The lowest BCUT2D eigenvalue weighted by Gasteiger charge is -2.33. The van der Waals surface area contributed by atoms with Crippen LogP contribution in [0, 0.1) is 6.92 Å². The predicted molar refractivity (Wildman–Crippen MR) is 158 cm³/mol. The summed E-state index contributed by atoms with van der Waals surface area (Å²) in [5.41, 5.74) is 1.62. The predicted octanol–water partition coefficient (Wildman–Crippen LogP) is 4.92. The number of amides is 2. The molecule has 0 saturated heterocycles. The Morgan fingerprint density at radius 1 is 0.925 bits per heavy atom. The van der Waals surface area contributed by atoms with Gasteiger partial charge in [-0.05, 0) is 83.5 Å².